The number of ether oxygens (including phenoxy) is 3. The summed E-state index contributed by atoms with van der Waals surface area (Å²) in [5.41, 5.74) is 2.61. The predicted molar refractivity (Wildman–Crippen MR) is 159 cm³/mol. The van der Waals surface area contributed by atoms with Crippen molar-refractivity contribution in [2.24, 2.45) is 4.99 Å². The third kappa shape index (κ3) is 5.40. The number of benzene rings is 1. The van der Waals surface area contributed by atoms with Crippen LogP contribution in [0.2, 0.25) is 0 Å². The van der Waals surface area contributed by atoms with Crippen molar-refractivity contribution in [3.8, 4) is 22.9 Å². The van der Waals surface area contributed by atoms with E-state index in [0.717, 1.165) is 12.0 Å². The fraction of sp³-hybridized carbons (Fsp3) is 0.452. The molecule has 2 saturated heterocycles. The van der Waals surface area contributed by atoms with Crippen LogP contribution in [0.5, 0.6) is 11.5 Å². The monoisotopic (exact) mass is 640 g/mol. The zero-order valence-electron chi connectivity index (χ0n) is 25.2. The average Bonchev–Trinajstić information content (AvgIpc) is 3.71. The topological polar surface area (TPSA) is 116 Å². The number of alkyl halides is 4. The van der Waals surface area contributed by atoms with Gasteiger partial charge in [-0.05, 0) is 37.6 Å². The van der Waals surface area contributed by atoms with Crippen molar-refractivity contribution in [2.75, 3.05) is 26.7 Å². The molecule has 2 fully saturated rings. The quantitative estimate of drug-likeness (QED) is 0.209. The van der Waals surface area contributed by atoms with Crippen LogP contribution in [0.1, 0.15) is 42.9 Å². The van der Waals surface area contributed by atoms with E-state index in [1.807, 2.05) is 26.7 Å². The second kappa shape index (κ2) is 11.5. The minimum absolute atomic E-state index is 0.00734. The highest BCUT2D eigenvalue weighted by molar-refractivity contribution is 6.01. The predicted octanol–water partition coefficient (Wildman–Crippen LogP) is 5.10. The van der Waals surface area contributed by atoms with Crippen molar-refractivity contribution in [1.29, 1.82) is 0 Å². The number of piperidine rings is 1. The Bertz CT molecular complexity index is 1820. The molecule has 0 amide bonds. The molecule has 3 aliphatic rings. The summed E-state index contributed by atoms with van der Waals surface area (Å²) in [5, 5.41) is 5.64. The van der Waals surface area contributed by atoms with Gasteiger partial charge in [-0.2, -0.15) is 18.3 Å². The van der Waals surface area contributed by atoms with Gasteiger partial charge < -0.3 is 18.8 Å². The van der Waals surface area contributed by atoms with Gasteiger partial charge in [-0.1, -0.05) is 18.7 Å². The largest absolute Gasteiger partial charge is 0.451 e. The van der Waals surface area contributed by atoms with Gasteiger partial charge in [-0.15, -0.1) is 0 Å². The van der Waals surface area contributed by atoms with Crippen molar-refractivity contribution in [2.45, 2.75) is 63.0 Å². The molecule has 4 atom stereocenters. The number of H-pyrrole nitrogens is 1. The molecule has 4 aromatic rings. The molecule has 1 N–H and O–H groups in total. The van der Waals surface area contributed by atoms with E-state index in [1.54, 1.807) is 32.2 Å². The van der Waals surface area contributed by atoms with Crippen LogP contribution < -0.4 is 9.47 Å². The summed E-state index contributed by atoms with van der Waals surface area (Å²) in [6.07, 6.45) is -1.42. The highest BCUT2D eigenvalue weighted by atomic mass is 19.4. The standard InChI is InChI=1S/C31H32F4N8O3/c1-4-24(36-3)30(2)45-23-7-5-6-20(26(23)46-30)19-8-10-42(15-21(19)32)16-25-38-22-12-17(27-39-29(41-40-27)31(33,34)35)13-37-28(22)43(25)14-18-9-11-44-18/h4-7,12-13,18-19,21H,1,8-11,14-16H2,2-3H3,(H,39,40,41)/t18-,19+,21-,30-/m0/s1. The van der Waals surface area contributed by atoms with Crippen LogP contribution in [0.3, 0.4) is 0 Å². The molecule has 0 saturated carbocycles. The third-order valence-corrected chi connectivity index (χ3v) is 8.76. The first-order chi connectivity index (χ1) is 22.1. The molecular weight excluding hydrogens is 608 g/mol. The van der Waals surface area contributed by atoms with E-state index in [9.17, 15) is 13.2 Å². The number of aromatic nitrogens is 6. The fourth-order valence-corrected chi connectivity index (χ4v) is 6.33. The first kappa shape index (κ1) is 30.3. The van der Waals surface area contributed by atoms with Gasteiger partial charge in [0.25, 0.3) is 5.79 Å². The van der Waals surface area contributed by atoms with Crippen LogP contribution in [0.15, 0.2) is 48.1 Å². The highest BCUT2D eigenvalue weighted by Crippen LogP contribution is 2.47. The molecule has 0 unspecified atom stereocenters. The number of halogens is 4. The van der Waals surface area contributed by atoms with E-state index < -0.39 is 29.9 Å². The number of fused-ring (bicyclic) bond motifs is 2. The van der Waals surface area contributed by atoms with Crippen LogP contribution in [0.4, 0.5) is 17.6 Å². The van der Waals surface area contributed by atoms with Gasteiger partial charge in [0.1, 0.15) is 23.2 Å². The molecule has 1 aromatic carbocycles. The van der Waals surface area contributed by atoms with Gasteiger partial charge in [-0.25, -0.2) is 19.3 Å². The molecule has 3 aliphatic heterocycles. The van der Waals surface area contributed by atoms with E-state index in [0.29, 0.717) is 72.4 Å². The summed E-state index contributed by atoms with van der Waals surface area (Å²) in [6.45, 7) is 7.86. The minimum atomic E-state index is -4.65. The lowest BCUT2D eigenvalue weighted by molar-refractivity contribution is -0.144. The Morgan fingerprint density at radius 2 is 2.07 bits per heavy atom. The van der Waals surface area contributed by atoms with Crippen molar-refractivity contribution < 1.29 is 31.8 Å². The summed E-state index contributed by atoms with van der Waals surface area (Å²) >= 11 is 0. The van der Waals surface area contributed by atoms with Gasteiger partial charge in [0.05, 0.1) is 19.2 Å². The third-order valence-electron chi connectivity index (χ3n) is 8.76. The number of rotatable bonds is 8. The van der Waals surface area contributed by atoms with Crippen LogP contribution in [-0.4, -0.2) is 85.1 Å². The molecule has 3 aromatic heterocycles. The van der Waals surface area contributed by atoms with Gasteiger partial charge >= 0.3 is 6.18 Å². The highest BCUT2D eigenvalue weighted by Gasteiger charge is 2.44. The lowest BCUT2D eigenvalue weighted by Crippen LogP contribution is -2.43. The molecule has 0 spiro atoms. The SMILES string of the molecule is C=CC(=NC)[C@@]1(C)Oc2cccc([C@H]3CCN(Cc4nc5cc(-c6n[nH]c(C(F)(F)F)n6)cnc5n4C[C@@H]4CCO4)C[C@@H]3F)c2O1. The maximum absolute atomic E-state index is 16.0. The molecule has 242 valence electrons. The Balaban J connectivity index is 1.11. The Hall–Kier alpha value is -4.37. The van der Waals surface area contributed by atoms with Crippen molar-refractivity contribution in [1.82, 2.24) is 34.6 Å². The van der Waals surface area contributed by atoms with Crippen LogP contribution in [0, 0.1) is 0 Å². The maximum Gasteiger partial charge on any atom is 0.451 e. The second-order valence-corrected chi connectivity index (χ2v) is 11.8. The van der Waals surface area contributed by atoms with Gasteiger partial charge in [-0.3, -0.25) is 15.0 Å². The van der Waals surface area contributed by atoms with E-state index >= 15 is 4.39 Å². The van der Waals surface area contributed by atoms with Crippen LogP contribution in [-0.2, 0) is 24.0 Å². The van der Waals surface area contributed by atoms with Gasteiger partial charge in [0.15, 0.2) is 23.0 Å². The lowest BCUT2D eigenvalue weighted by Gasteiger charge is -2.35. The van der Waals surface area contributed by atoms with E-state index in [4.69, 9.17) is 19.2 Å². The number of hydrogen-bond donors (Lipinski definition) is 1. The molecule has 15 heteroatoms. The molecule has 0 radical (unpaired) electrons. The Morgan fingerprint density at radius 1 is 1.24 bits per heavy atom. The summed E-state index contributed by atoms with van der Waals surface area (Å²) in [6, 6.07) is 7.14. The lowest BCUT2D eigenvalue weighted by atomic mass is 9.87. The van der Waals surface area contributed by atoms with Crippen LogP contribution >= 0.6 is 0 Å². The van der Waals surface area contributed by atoms with E-state index in [-0.39, 0.29) is 18.5 Å². The molecule has 46 heavy (non-hydrogen) atoms. The zero-order valence-corrected chi connectivity index (χ0v) is 25.2. The molecule has 0 aliphatic carbocycles. The number of likely N-dealkylation sites (tertiary alicyclic amines) is 1. The number of aromatic amines is 1. The number of nitrogens with one attached hydrogen (secondary N) is 1. The normalized spacial score (nSPS) is 25.2. The van der Waals surface area contributed by atoms with Gasteiger partial charge in [0, 0.05) is 50.4 Å². The Labute approximate surface area is 261 Å². The molecule has 0 bridgehead atoms. The molecule has 6 heterocycles. The molecule has 7 rings (SSSR count). The fourth-order valence-electron chi connectivity index (χ4n) is 6.33. The molecular formula is C31H32F4N8O3. The van der Waals surface area contributed by atoms with Crippen molar-refractivity contribution in [3.05, 3.63) is 60.3 Å². The number of para-hydroxylation sites is 1. The first-order valence-corrected chi connectivity index (χ1v) is 15.0. The Kier molecular flexibility index (Phi) is 7.54. The van der Waals surface area contributed by atoms with E-state index in [1.165, 1.54) is 6.20 Å². The van der Waals surface area contributed by atoms with E-state index in [2.05, 4.69) is 26.6 Å². The molecule has 11 nitrogen and oxygen atoms in total. The number of pyridine rings is 1. The average molecular weight is 641 g/mol. The van der Waals surface area contributed by atoms with Gasteiger partial charge in [0.2, 0.25) is 5.82 Å². The van der Waals surface area contributed by atoms with Crippen molar-refractivity contribution in [3.63, 3.8) is 0 Å². The number of nitrogens with zero attached hydrogens (tertiary/aromatic N) is 7. The number of aliphatic imine (C=N–C) groups is 1. The summed E-state index contributed by atoms with van der Waals surface area (Å²) in [4.78, 5) is 19.1. The summed E-state index contributed by atoms with van der Waals surface area (Å²) in [5.74, 6) is -1.15. The van der Waals surface area contributed by atoms with Crippen LogP contribution in [0.25, 0.3) is 22.6 Å². The smallest absolute Gasteiger partial charge is 0.443 e. The summed E-state index contributed by atoms with van der Waals surface area (Å²) < 4.78 is 75.2. The second-order valence-electron chi connectivity index (χ2n) is 11.8. The number of imidazole rings is 1. The minimum Gasteiger partial charge on any atom is -0.443 e. The number of hydrogen-bond acceptors (Lipinski definition) is 9. The maximum atomic E-state index is 16.0. The first-order valence-electron chi connectivity index (χ1n) is 15.0. The Morgan fingerprint density at radius 3 is 2.74 bits per heavy atom. The van der Waals surface area contributed by atoms with Crippen molar-refractivity contribution >= 4 is 16.9 Å². The summed E-state index contributed by atoms with van der Waals surface area (Å²) in [7, 11) is 1.64. The zero-order chi connectivity index (χ0) is 32.2.